The second kappa shape index (κ2) is 6.99. The topological polar surface area (TPSA) is 84.9 Å². The molecule has 0 atom stereocenters. The number of anilines is 1. The van der Waals surface area contributed by atoms with Gasteiger partial charge in [0.2, 0.25) is 0 Å². The van der Waals surface area contributed by atoms with Crippen LogP contribution in [0.5, 0.6) is 0 Å². The third-order valence-electron chi connectivity index (χ3n) is 2.13. The summed E-state index contributed by atoms with van der Waals surface area (Å²) in [7, 11) is 0. The zero-order valence-electron chi connectivity index (χ0n) is 14.1. The summed E-state index contributed by atoms with van der Waals surface area (Å²) in [4.78, 5) is 35.5. The number of nitrogens with one attached hydrogen (secondary N) is 1. The summed E-state index contributed by atoms with van der Waals surface area (Å²) >= 11 is 1.04. The first-order valence-corrected chi connectivity index (χ1v) is 7.81. The summed E-state index contributed by atoms with van der Waals surface area (Å²) in [5.41, 5.74) is 0.886. The van der Waals surface area contributed by atoms with Crippen LogP contribution in [0.2, 0.25) is 0 Å². The van der Waals surface area contributed by atoms with Crippen molar-refractivity contribution in [1.82, 2.24) is 5.43 Å². The van der Waals surface area contributed by atoms with Crippen LogP contribution in [-0.4, -0.2) is 29.7 Å². The molecule has 8 heteroatoms. The zero-order valence-corrected chi connectivity index (χ0v) is 14.9. The second-order valence-corrected chi connectivity index (χ2v) is 7.82. The lowest BCUT2D eigenvalue weighted by Gasteiger charge is -2.27. The molecule has 0 bridgehead atoms. The fourth-order valence-electron chi connectivity index (χ4n) is 1.42. The van der Waals surface area contributed by atoms with E-state index in [1.165, 1.54) is 6.07 Å². The number of ether oxygens (including phenoxy) is 2. The molecule has 0 aliphatic carbocycles. The lowest BCUT2D eigenvalue weighted by molar-refractivity contribution is 0.0426. The summed E-state index contributed by atoms with van der Waals surface area (Å²) in [6.07, 6.45) is -0.915. The smallest absolute Gasteiger partial charge is 0.434 e. The van der Waals surface area contributed by atoms with Crippen LogP contribution >= 0.6 is 11.3 Å². The summed E-state index contributed by atoms with van der Waals surface area (Å²) in [6, 6.07) is 3.08. The van der Waals surface area contributed by atoms with E-state index in [1.807, 2.05) is 0 Å². The number of nitrogens with zero attached hydrogens (tertiary/aromatic N) is 1. The molecule has 2 amide bonds. The Morgan fingerprint density at radius 3 is 2.09 bits per heavy atom. The van der Waals surface area contributed by atoms with Gasteiger partial charge in [0.25, 0.3) is 0 Å². The molecule has 0 aromatic carbocycles. The molecule has 0 aliphatic heterocycles. The lowest BCUT2D eigenvalue weighted by atomic mass is 10.2. The molecule has 1 heterocycles. The van der Waals surface area contributed by atoms with E-state index in [0.29, 0.717) is 16.2 Å². The van der Waals surface area contributed by atoms with Crippen LogP contribution < -0.4 is 10.4 Å². The van der Waals surface area contributed by atoms with Crippen molar-refractivity contribution in [2.75, 3.05) is 5.01 Å². The fraction of sp³-hybridized carbons (Fsp3) is 0.533. The van der Waals surface area contributed by atoms with Crippen molar-refractivity contribution in [3.05, 3.63) is 17.0 Å². The van der Waals surface area contributed by atoms with E-state index in [4.69, 9.17) is 9.47 Å². The van der Waals surface area contributed by atoms with Crippen LogP contribution in [0.25, 0.3) is 0 Å². The molecule has 0 unspecified atom stereocenters. The molecule has 0 aliphatic rings. The van der Waals surface area contributed by atoms with Gasteiger partial charge in [-0.1, -0.05) is 0 Å². The molecule has 0 saturated carbocycles. The summed E-state index contributed by atoms with van der Waals surface area (Å²) < 4.78 is 10.4. The van der Waals surface area contributed by atoms with E-state index in [1.54, 1.807) is 47.6 Å². The Hall–Kier alpha value is -2.09. The minimum Gasteiger partial charge on any atom is -0.443 e. The maximum Gasteiger partial charge on any atom is 0.434 e. The van der Waals surface area contributed by atoms with Gasteiger partial charge >= 0.3 is 12.2 Å². The minimum absolute atomic E-state index is 0.340. The Morgan fingerprint density at radius 1 is 1.09 bits per heavy atom. The van der Waals surface area contributed by atoms with Gasteiger partial charge in [-0.3, -0.25) is 4.79 Å². The molecule has 128 valence electrons. The van der Waals surface area contributed by atoms with Crippen molar-refractivity contribution in [2.45, 2.75) is 52.7 Å². The van der Waals surface area contributed by atoms with E-state index < -0.39 is 23.4 Å². The Balaban J connectivity index is 2.99. The average molecular weight is 342 g/mol. The fourth-order valence-corrected chi connectivity index (χ4v) is 2.19. The first-order chi connectivity index (χ1) is 10.4. The molecular weight excluding hydrogens is 320 g/mol. The Kier molecular flexibility index (Phi) is 5.76. The van der Waals surface area contributed by atoms with Crippen LogP contribution in [0.1, 0.15) is 51.2 Å². The summed E-state index contributed by atoms with van der Waals surface area (Å²) in [5, 5.41) is 1.27. The molecule has 0 spiro atoms. The van der Waals surface area contributed by atoms with Crippen LogP contribution in [0.3, 0.4) is 0 Å². The summed E-state index contributed by atoms with van der Waals surface area (Å²) in [6.45, 7) is 10.3. The second-order valence-electron chi connectivity index (χ2n) is 6.72. The van der Waals surface area contributed by atoms with Crippen LogP contribution in [-0.2, 0) is 9.47 Å². The maximum atomic E-state index is 12.3. The SMILES string of the molecule is CC(C)(C)OC(=O)NN(C(=O)OC(C)(C)C)c1ccc(C=O)s1. The molecule has 0 radical (unpaired) electrons. The number of thiophene rings is 1. The number of rotatable bonds is 2. The monoisotopic (exact) mass is 342 g/mol. The molecule has 7 nitrogen and oxygen atoms in total. The molecular formula is C15H22N2O5S. The number of carbonyl (C=O) groups is 3. The van der Waals surface area contributed by atoms with E-state index in [0.717, 1.165) is 16.3 Å². The molecule has 1 N–H and O–H groups in total. The van der Waals surface area contributed by atoms with Crippen molar-refractivity contribution in [2.24, 2.45) is 0 Å². The van der Waals surface area contributed by atoms with E-state index in [9.17, 15) is 14.4 Å². The molecule has 0 saturated heterocycles. The largest absolute Gasteiger partial charge is 0.443 e. The predicted molar refractivity (Wildman–Crippen MR) is 87.8 cm³/mol. The lowest BCUT2D eigenvalue weighted by Crippen LogP contribution is -2.49. The van der Waals surface area contributed by atoms with Crippen LogP contribution in [0.15, 0.2) is 12.1 Å². The van der Waals surface area contributed by atoms with E-state index in [-0.39, 0.29) is 0 Å². The third kappa shape index (κ3) is 6.68. The van der Waals surface area contributed by atoms with Gasteiger partial charge in [-0.05, 0) is 53.7 Å². The highest BCUT2D eigenvalue weighted by Crippen LogP contribution is 2.25. The standard InChI is InChI=1S/C15H22N2O5S/c1-14(2,3)21-12(19)16-17(13(20)22-15(4,5)6)11-8-7-10(9-18)23-11/h7-9H,1-6H3,(H,16,19). The number of hydrazine groups is 1. The van der Waals surface area contributed by atoms with Crippen molar-refractivity contribution in [3.8, 4) is 0 Å². The minimum atomic E-state index is -0.801. The van der Waals surface area contributed by atoms with Crippen LogP contribution in [0.4, 0.5) is 14.6 Å². The third-order valence-corrected chi connectivity index (χ3v) is 3.12. The van der Waals surface area contributed by atoms with Crippen molar-refractivity contribution >= 4 is 34.8 Å². The average Bonchev–Trinajstić information content (AvgIpc) is 2.79. The number of carbonyl (C=O) groups excluding carboxylic acids is 3. The molecule has 1 rings (SSSR count). The van der Waals surface area contributed by atoms with Crippen LogP contribution in [0, 0.1) is 0 Å². The zero-order chi connectivity index (χ0) is 17.8. The quantitative estimate of drug-likeness (QED) is 0.653. The first kappa shape index (κ1) is 19.0. The van der Waals surface area contributed by atoms with Crippen molar-refractivity contribution < 1.29 is 23.9 Å². The maximum absolute atomic E-state index is 12.3. The van der Waals surface area contributed by atoms with E-state index >= 15 is 0 Å². The van der Waals surface area contributed by atoms with Gasteiger partial charge in [0.05, 0.1) is 4.88 Å². The molecule has 23 heavy (non-hydrogen) atoms. The number of hydrogen-bond donors (Lipinski definition) is 1. The van der Waals surface area contributed by atoms with Gasteiger partial charge in [0.15, 0.2) is 6.29 Å². The van der Waals surface area contributed by atoms with Gasteiger partial charge in [-0.25, -0.2) is 15.0 Å². The number of aldehydes is 1. The first-order valence-electron chi connectivity index (χ1n) is 6.99. The molecule has 0 fully saturated rings. The Morgan fingerprint density at radius 2 is 1.65 bits per heavy atom. The van der Waals surface area contributed by atoms with Gasteiger partial charge in [-0.2, -0.15) is 5.01 Å². The van der Waals surface area contributed by atoms with Gasteiger partial charge < -0.3 is 9.47 Å². The highest BCUT2D eigenvalue weighted by atomic mass is 32.1. The highest BCUT2D eigenvalue weighted by molar-refractivity contribution is 7.17. The van der Waals surface area contributed by atoms with Gasteiger partial charge in [0.1, 0.15) is 16.2 Å². The molecule has 1 aromatic rings. The number of amides is 2. The van der Waals surface area contributed by atoms with Crippen molar-refractivity contribution in [1.29, 1.82) is 0 Å². The van der Waals surface area contributed by atoms with Gasteiger partial charge in [-0.15, -0.1) is 11.3 Å². The van der Waals surface area contributed by atoms with Gasteiger partial charge in [0, 0.05) is 0 Å². The predicted octanol–water partition coefficient (Wildman–Crippen LogP) is 3.74. The normalized spacial score (nSPS) is 11.6. The van der Waals surface area contributed by atoms with E-state index in [2.05, 4.69) is 5.43 Å². The Bertz CT molecular complexity index is 583. The van der Waals surface area contributed by atoms with Crippen molar-refractivity contribution in [3.63, 3.8) is 0 Å². The summed E-state index contributed by atoms with van der Waals surface area (Å²) in [5.74, 6) is 0. The number of hydrogen-bond acceptors (Lipinski definition) is 6. The highest BCUT2D eigenvalue weighted by Gasteiger charge is 2.28. The Labute approximate surface area is 139 Å². The molecule has 1 aromatic heterocycles.